The third kappa shape index (κ3) is 2.71. The first-order chi connectivity index (χ1) is 6.43. The van der Waals surface area contributed by atoms with Gasteiger partial charge in [0.1, 0.15) is 5.60 Å². The number of amides is 1. The predicted molar refractivity (Wildman–Crippen MR) is 55.9 cm³/mol. The second-order valence-electron chi connectivity index (χ2n) is 4.76. The molecule has 0 aliphatic carbocycles. The second kappa shape index (κ2) is 4.30. The van der Waals surface area contributed by atoms with Gasteiger partial charge >= 0.3 is 0 Å². The number of carbonyl (C=O) groups excluding carboxylic acids is 1. The summed E-state index contributed by atoms with van der Waals surface area (Å²) in [6.07, 6.45) is 4.50. The lowest BCUT2D eigenvalue weighted by molar-refractivity contribution is -0.149. The molecule has 1 heterocycles. The Morgan fingerprint density at radius 3 is 2.57 bits per heavy atom. The highest BCUT2D eigenvalue weighted by atomic mass is 16.3. The number of hydrogen-bond donors (Lipinski definition) is 1. The molecule has 1 aliphatic heterocycles. The smallest absolute Gasteiger partial charge is 0.254 e. The van der Waals surface area contributed by atoms with E-state index in [9.17, 15) is 9.90 Å². The number of aliphatic hydroxyl groups is 1. The van der Waals surface area contributed by atoms with Crippen LogP contribution < -0.4 is 0 Å². The molecule has 1 rings (SSSR count). The summed E-state index contributed by atoms with van der Waals surface area (Å²) in [4.78, 5) is 13.7. The van der Waals surface area contributed by atoms with E-state index in [2.05, 4.69) is 6.92 Å². The molecule has 3 nitrogen and oxygen atoms in total. The molecule has 1 saturated heterocycles. The van der Waals surface area contributed by atoms with Crippen molar-refractivity contribution in [1.82, 2.24) is 4.90 Å². The highest BCUT2D eigenvalue weighted by Crippen LogP contribution is 2.19. The van der Waals surface area contributed by atoms with Gasteiger partial charge in [-0.15, -0.1) is 0 Å². The van der Waals surface area contributed by atoms with Gasteiger partial charge in [0, 0.05) is 12.6 Å². The largest absolute Gasteiger partial charge is 0.381 e. The van der Waals surface area contributed by atoms with Crippen molar-refractivity contribution >= 4 is 5.91 Å². The van der Waals surface area contributed by atoms with E-state index in [0.717, 1.165) is 19.4 Å². The van der Waals surface area contributed by atoms with E-state index in [4.69, 9.17) is 0 Å². The maximum absolute atomic E-state index is 11.9. The summed E-state index contributed by atoms with van der Waals surface area (Å²) in [7, 11) is 0. The first-order valence-corrected chi connectivity index (χ1v) is 5.46. The van der Waals surface area contributed by atoms with Crippen LogP contribution in [-0.2, 0) is 4.79 Å². The highest BCUT2D eigenvalue weighted by Gasteiger charge is 2.32. The standard InChI is InChI=1S/C11H21NO2/c1-9-7-5-4-6-8-12(9)10(13)11(2,3)14/h9,14H,4-8H2,1-3H3. The molecule has 0 saturated carbocycles. The van der Waals surface area contributed by atoms with Crippen LogP contribution in [0.1, 0.15) is 46.5 Å². The minimum Gasteiger partial charge on any atom is -0.381 e. The van der Waals surface area contributed by atoms with Crippen LogP contribution in [-0.4, -0.2) is 34.1 Å². The molecule has 0 aromatic carbocycles. The van der Waals surface area contributed by atoms with Crippen LogP contribution in [0, 0.1) is 0 Å². The molecule has 3 heteroatoms. The van der Waals surface area contributed by atoms with Crippen LogP contribution >= 0.6 is 0 Å². The highest BCUT2D eigenvalue weighted by molar-refractivity contribution is 5.84. The van der Waals surface area contributed by atoms with Crippen LogP contribution in [0.4, 0.5) is 0 Å². The number of nitrogens with zero attached hydrogens (tertiary/aromatic N) is 1. The van der Waals surface area contributed by atoms with Crippen LogP contribution in [0.5, 0.6) is 0 Å². The number of carbonyl (C=O) groups is 1. The monoisotopic (exact) mass is 199 g/mol. The molecule has 0 radical (unpaired) electrons. The lowest BCUT2D eigenvalue weighted by atomic mass is 10.1. The summed E-state index contributed by atoms with van der Waals surface area (Å²) >= 11 is 0. The Bertz CT molecular complexity index is 208. The van der Waals surface area contributed by atoms with Gasteiger partial charge in [-0.2, -0.15) is 0 Å². The normalized spacial score (nSPS) is 24.6. The molecule has 82 valence electrons. The summed E-state index contributed by atoms with van der Waals surface area (Å²) in [6, 6.07) is 0.274. The predicted octanol–water partition coefficient (Wildman–Crippen LogP) is 1.55. The maximum atomic E-state index is 11.9. The quantitative estimate of drug-likeness (QED) is 0.696. The van der Waals surface area contributed by atoms with E-state index < -0.39 is 5.60 Å². The lowest BCUT2D eigenvalue weighted by Gasteiger charge is -2.32. The fourth-order valence-electron chi connectivity index (χ4n) is 1.93. The third-order valence-corrected chi connectivity index (χ3v) is 2.84. The molecule has 0 spiro atoms. The summed E-state index contributed by atoms with van der Waals surface area (Å²) in [6.45, 7) is 5.98. The van der Waals surface area contributed by atoms with E-state index in [1.807, 2.05) is 4.90 Å². The molecule has 1 amide bonds. The SMILES string of the molecule is CC1CCCCCN1C(=O)C(C)(C)O. The van der Waals surface area contributed by atoms with E-state index in [0.29, 0.717) is 0 Å². The van der Waals surface area contributed by atoms with Crippen molar-refractivity contribution in [2.45, 2.75) is 58.1 Å². The van der Waals surface area contributed by atoms with Gasteiger partial charge in [-0.05, 0) is 33.6 Å². The molecule has 1 N–H and O–H groups in total. The molecule has 1 aliphatic rings. The Morgan fingerprint density at radius 2 is 2.00 bits per heavy atom. The Morgan fingerprint density at radius 1 is 1.36 bits per heavy atom. The molecule has 1 unspecified atom stereocenters. The number of rotatable bonds is 1. The Balaban J connectivity index is 2.69. The van der Waals surface area contributed by atoms with Gasteiger partial charge in [-0.25, -0.2) is 0 Å². The van der Waals surface area contributed by atoms with E-state index in [1.54, 1.807) is 13.8 Å². The topological polar surface area (TPSA) is 40.5 Å². The van der Waals surface area contributed by atoms with Gasteiger partial charge < -0.3 is 10.0 Å². The molecule has 0 aromatic heterocycles. The number of likely N-dealkylation sites (tertiary alicyclic amines) is 1. The second-order valence-corrected chi connectivity index (χ2v) is 4.76. The third-order valence-electron chi connectivity index (χ3n) is 2.84. The van der Waals surface area contributed by atoms with E-state index >= 15 is 0 Å². The maximum Gasteiger partial charge on any atom is 0.254 e. The first kappa shape index (κ1) is 11.5. The lowest BCUT2D eigenvalue weighted by Crippen LogP contribution is -2.48. The van der Waals surface area contributed by atoms with Crippen molar-refractivity contribution in [3.05, 3.63) is 0 Å². The van der Waals surface area contributed by atoms with Crippen molar-refractivity contribution in [1.29, 1.82) is 0 Å². The molecule has 1 fully saturated rings. The summed E-state index contributed by atoms with van der Waals surface area (Å²) in [5.41, 5.74) is -1.22. The summed E-state index contributed by atoms with van der Waals surface area (Å²) in [5, 5.41) is 9.66. The van der Waals surface area contributed by atoms with E-state index in [-0.39, 0.29) is 11.9 Å². The minimum absolute atomic E-state index is 0.132. The Labute approximate surface area is 86.1 Å². The molecule has 0 bridgehead atoms. The zero-order valence-corrected chi connectivity index (χ0v) is 9.42. The summed E-state index contributed by atoms with van der Waals surface area (Å²) < 4.78 is 0. The van der Waals surface area contributed by atoms with Gasteiger partial charge in [0.2, 0.25) is 0 Å². The molecular formula is C11H21NO2. The van der Waals surface area contributed by atoms with Crippen molar-refractivity contribution in [2.24, 2.45) is 0 Å². The molecule has 14 heavy (non-hydrogen) atoms. The van der Waals surface area contributed by atoms with Gasteiger partial charge in [0.15, 0.2) is 0 Å². The van der Waals surface area contributed by atoms with Gasteiger partial charge in [-0.3, -0.25) is 4.79 Å². The Hall–Kier alpha value is -0.570. The molecule has 0 aromatic rings. The van der Waals surface area contributed by atoms with Gasteiger partial charge in [0.25, 0.3) is 5.91 Å². The van der Waals surface area contributed by atoms with Gasteiger partial charge in [-0.1, -0.05) is 12.8 Å². The fourth-order valence-corrected chi connectivity index (χ4v) is 1.93. The van der Waals surface area contributed by atoms with Gasteiger partial charge in [0.05, 0.1) is 0 Å². The molecular weight excluding hydrogens is 178 g/mol. The zero-order chi connectivity index (χ0) is 10.8. The summed E-state index contributed by atoms with van der Waals surface area (Å²) in [5.74, 6) is -0.132. The zero-order valence-electron chi connectivity index (χ0n) is 9.42. The van der Waals surface area contributed by atoms with Crippen LogP contribution in [0.2, 0.25) is 0 Å². The molecule has 1 atom stereocenters. The minimum atomic E-state index is -1.22. The van der Waals surface area contributed by atoms with E-state index in [1.165, 1.54) is 12.8 Å². The fraction of sp³-hybridized carbons (Fsp3) is 0.909. The van der Waals surface area contributed by atoms with Crippen molar-refractivity contribution in [2.75, 3.05) is 6.54 Å². The first-order valence-electron chi connectivity index (χ1n) is 5.46. The Kier molecular flexibility index (Phi) is 3.53. The average molecular weight is 199 g/mol. The van der Waals surface area contributed by atoms with Crippen molar-refractivity contribution < 1.29 is 9.90 Å². The van der Waals surface area contributed by atoms with Crippen molar-refractivity contribution in [3.8, 4) is 0 Å². The number of hydrogen-bond acceptors (Lipinski definition) is 2. The van der Waals surface area contributed by atoms with Crippen LogP contribution in [0.15, 0.2) is 0 Å². The average Bonchev–Trinajstić information content (AvgIpc) is 2.27. The van der Waals surface area contributed by atoms with Crippen LogP contribution in [0.25, 0.3) is 0 Å². The van der Waals surface area contributed by atoms with Crippen LogP contribution in [0.3, 0.4) is 0 Å². The van der Waals surface area contributed by atoms with Crippen molar-refractivity contribution in [3.63, 3.8) is 0 Å².